The normalized spacial score (nSPS) is 19.7. The Balaban J connectivity index is 2.46. The smallest absolute Gasteiger partial charge is 0.0589 e. The molecule has 1 unspecified atom stereocenters. The summed E-state index contributed by atoms with van der Waals surface area (Å²) in [6.07, 6.45) is 0. The van der Waals surface area contributed by atoms with Crippen LogP contribution < -0.4 is 5.73 Å². The van der Waals surface area contributed by atoms with E-state index in [1.165, 1.54) is 11.1 Å². The standard InChI is InChI=1S/C15H22BrNO/c1-10(2)14(7-17)15(8-18-9-15)13-6-12(16)5-4-11(13)3/h4-6,10,14H,7-9,17H2,1-3H3. The molecule has 1 aromatic rings. The summed E-state index contributed by atoms with van der Waals surface area (Å²) >= 11 is 3.58. The Hall–Kier alpha value is -0.380. The second-order valence-corrected chi connectivity index (χ2v) is 6.61. The Labute approximate surface area is 118 Å². The SMILES string of the molecule is Cc1ccc(Br)cc1C1(C(CN)C(C)C)COC1. The number of halogens is 1. The zero-order valence-corrected chi connectivity index (χ0v) is 13.0. The Morgan fingerprint density at radius 1 is 1.39 bits per heavy atom. The summed E-state index contributed by atoms with van der Waals surface area (Å²) < 4.78 is 6.68. The molecule has 2 nitrogen and oxygen atoms in total. The van der Waals surface area contributed by atoms with Crippen molar-refractivity contribution in [3.8, 4) is 0 Å². The monoisotopic (exact) mass is 311 g/mol. The van der Waals surface area contributed by atoms with Gasteiger partial charge in [-0.1, -0.05) is 35.8 Å². The molecule has 1 heterocycles. The van der Waals surface area contributed by atoms with Gasteiger partial charge in [0, 0.05) is 9.89 Å². The van der Waals surface area contributed by atoms with E-state index in [-0.39, 0.29) is 5.41 Å². The highest BCUT2D eigenvalue weighted by Gasteiger charge is 2.48. The first-order chi connectivity index (χ1) is 8.51. The molecule has 0 aliphatic carbocycles. The summed E-state index contributed by atoms with van der Waals surface area (Å²) in [5.41, 5.74) is 8.86. The molecular weight excluding hydrogens is 290 g/mol. The lowest BCUT2D eigenvalue weighted by Gasteiger charge is -2.49. The maximum Gasteiger partial charge on any atom is 0.0589 e. The molecule has 1 atom stereocenters. The van der Waals surface area contributed by atoms with Gasteiger partial charge in [0.05, 0.1) is 13.2 Å². The third kappa shape index (κ3) is 2.24. The number of rotatable bonds is 4. The van der Waals surface area contributed by atoms with Crippen molar-refractivity contribution >= 4 is 15.9 Å². The zero-order valence-electron chi connectivity index (χ0n) is 11.4. The van der Waals surface area contributed by atoms with Crippen LogP contribution in [0.1, 0.15) is 25.0 Å². The lowest BCUT2D eigenvalue weighted by Crippen LogP contribution is -2.56. The molecule has 0 spiro atoms. The Morgan fingerprint density at radius 3 is 2.50 bits per heavy atom. The number of benzene rings is 1. The summed E-state index contributed by atoms with van der Waals surface area (Å²) in [5, 5.41) is 0. The van der Waals surface area contributed by atoms with Crippen LogP contribution >= 0.6 is 15.9 Å². The van der Waals surface area contributed by atoms with Gasteiger partial charge in [-0.25, -0.2) is 0 Å². The fourth-order valence-electron chi connectivity index (χ4n) is 3.16. The van der Waals surface area contributed by atoms with Crippen LogP contribution in [0.15, 0.2) is 22.7 Å². The highest BCUT2D eigenvalue weighted by Crippen LogP contribution is 2.44. The first-order valence-corrected chi connectivity index (χ1v) is 7.35. The number of ether oxygens (including phenoxy) is 1. The predicted molar refractivity (Wildman–Crippen MR) is 78.8 cm³/mol. The van der Waals surface area contributed by atoms with Crippen molar-refractivity contribution in [2.45, 2.75) is 26.2 Å². The summed E-state index contributed by atoms with van der Waals surface area (Å²) in [4.78, 5) is 0. The van der Waals surface area contributed by atoms with Crippen LogP contribution in [0.4, 0.5) is 0 Å². The molecule has 1 saturated heterocycles. The van der Waals surface area contributed by atoms with E-state index >= 15 is 0 Å². The van der Waals surface area contributed by atoms with Crippen LogP contribution in [0.3, 0.4) is 0 Å². The van der Waals surface area contributed by atoms with E-state index in [0.717, 1.165) is 17.7 Å². The summed E-state index contributed by atoms with van der Waals surface area (Å²) in [7, 11) is 0. The predicted octanol–water partition coefficient (Wildman–Crippen LogP) is 3.26. The lowest BCUT2D eigenvalue weighted by atomic mass is 9.64. The topological polar surface area (TPSA) is 35.2 Å². The van der Waals surface area contributed by atoms with Crippen LogP contribution in [0.5, 0.6) is 0 Å². The molecule has 0 saturated carbocycles. The van der Waals surface area contributed by atoms with Gasteiger partial charge in [-0.3, -0.25) is 0 Å². The second-order valence-electron chi connectivity index (χ2n) is 5.69. The second kappa shape index (κ2) is 5.32. The molecule has 0 radical (unpaired) electrons. The number of nitrogens with two attached hydrogens (primary N) is 1. The van der Waals surface area contributed by atoms with Gasteiger partial charge in [-0.2, -0.15) is 0 Å². The summed E-state index contributed by atoms with van der Waals surface area (Å²) in [6, 6.07) is 6.51. The largest absolute Gasteiger partial charge is 0.379 e. The van der Waals surface area contributed by atoms with Crippen molar-refractivity contribution in [1.82, 2.24) is 0 Å². The average molecular weight is 312 g/mol. The molecule has 18 heavy (non-hydrogen) atoms. The summed E-state index contributed by atoms with van der Waals surface area (Å²) in [6.45, 7) is 8.99. The minimum Gasteiger partial charge on any atom is -0.379 e. The molecule has 3 heteroatoms. The molecule has 0 aromatic heterocycles. The molecule has 0 amide bonds. The third-order valence-electron chi connectivity index (χ3n) is 4.22. The minimum absolute atomic E-state index is 0.108. The maximum absolute atomic E-state index is 6.03. The maximum atomic E-state index is 6.03. The van der Waals surface area contributed by atoms with E-state index in [1.54, 1.807) is 0 Å². The van der Waals surface area contributed by atoms with Gasteiger partial charge < -0.3 is 10.5 Å². The van der Waals surface area contributed by atoms with E-state index in [0.29, 0.717) is 18.4 Å². The van der Waals surface area contributed by atoms with Crippen LogP contribution in [0.2, 0.25) is 0 Å². The van der Waals surface area contributed by atoms with Gasteiger partial charge in [0.25, 0.3) is 0 Å². The number of aryl methyl sites for hydroxylation is 1. The van der Waals surface area contributed by atoms with Crippen molar-refractivity contribution in [1.29, 1.82) is 0 Å². The molecule has 2 N–H and O–H groups in total. The van der Waals surface area contributed by atoms with Gasteiger partial charge in [-0.15, -0.1) is 0 Å². The Morgan fingerprint density at radius 2 is 2.06 bits per heavy atom. The van der Waals surface area contributed by atoms with E-state index in [2.05, 4.69) is 54.9 Å². The highest BCUT2D eigenvalue weighted by molar-refractivity contribution is 9.10. The van der Waals surface area contributed by atoms with Crippen LogP contribution in [0.25, 0.3) is 0 Å². The van der Waals surface area contributed by atoms with E-state index in [4.69, 9.17) is 10.5 Å². The molecule has 1 aromatic carbocycles. The lowest BCUT2D eigenvalue weighted by molar-refractivity contribution is -0.0985. The molecule has 1 aliphatic heterocycles. The Bertz CT molecular complexity index is 427. The fraction of sp³-hybridized carbons (Fsp3) is 0.600. The molecule has 1 fully saturated rings. The van der Waals surface area contributed by atoms with Crippen molar-refractivity contribution in [2.75, 3.05) is 19.8 Å². The Kier molecular flexibility index (Phi) is 4.15. The van der Waals surface area contributed by atoms with Gasteiger partial charge in [0.15, 0.2) is 0 Å². The molecular formula is C15H22BrNO. The third-order valence-corrected chi connectivity index (χ3v) is 4.72. The number of hydrogen-bond donors (Lipinski definition) is 1. The van der Waals surface area contributed by atoms with E-state index in [1.807, 2.05) is 0 Å². The van der Waals surface area contributed by atoms with E-state index < -0.39 is 0 Å². The molecule has 1 aliphatic rings. The zero-order chi connectivity index (χ0) is 13.3. The van der Waals surface area contributed by atoms with Crippen LogP contribution in [0, 0.1) is 18.8 Å². The van der Waals surface area contributed by atoms with Crippen molar-refractivity contribution < 1.29 is 4.74 Å². The van der Waals surface area contributed by atoms with Crippen molar-refractivity contribution in [3.05, 3.63) is 33.8 Å². The van der Waals surface area contributed by atoms with Crippen LogP contribution in [-0.2, 0) is 10.2 Å². The van der Waals surface area contributed by atoms with E-state index in [9.17, 15) is 0 Å². The van der Waals surface area contributed by atoms with Crippen molar-refractivity contribution in [2.24, 2.45) is 17.6 Å². The molecule has 0 bridgehead atoms. The van der Waals surface area contributed by atoms with Gasteiger partial charge >= 0.3 is 0 Å². The van der Waals surface area contributed by atoms with Crippen molar-refractivity contribution in [3.63, 3.8) is 0 Å². The van der Waals surface area contributed by atoms with Gasteiger partial charge in [0.2, 0.25) is 0 Å². The fourth-order valence-corrected chi connectivity index (χ4v) is 3.52. The average Bonchev–Trinajstić information content (AvgIpc) is 2.26. The minimum atomic E-state index is 0.108. The quantitative estimate of drug-likeness (QED) is 0.926. The first kappa shape index (κ1) is 14.0. The molecule has 2 rings (SSSR count). The molecule has 100 valence electrons. The summed E-state index contributed by atoms with van der Waals surface area (Å²) in [5.74, 6) is 1.04. The van der Waals surface area contributed by atoms with Gasteiger partial charge in [0.1, 0.15) is 0 Å². The van der Waals surface area contributed by atoms with Gasteiger partial charge in [-0.05, 0) is 48.6 Å². The first-order valence-electron chi connectivity index (χ1n) is 6.55. The number of hydrogen-bond acceptors (Lipinski definition) is 2. The highest BCUT2D eigenvalue weighted by atomic mass is 79.9. The van der Waals surface area contributed by atoms with Crippen LogP contribution in [-0.4, -0.2) is 19.8 Å².